The van der Waals surface area contributed by atoms with Crippen LogP contribution < -0.4 is 10.5 Å². The first kappa shape index (κ1) is 20.6. The average Bonchev–Trinajstić information content (AvgIpc) is 3.07. The molecule has 3 aromatic carbocycles. The largest absolute Gasteiger partial charge is 0.454 e. The molecule has 0 unspecified atom stereocenters. The molecular formula is C24H14ClN3O5. The van der Waals surface area contributed by atoms with Crippen LogP contribution in [-0.2, 0) is 11.3 Å². The smallest absolute Gasteiger partial charge is 0.338 e. The number of benzene rings is 3. The number of fused-ring (bicyclic) bond motifs is 2. The third-order valence-electron chi connectivity index (χ3n) is 5.21. The van der Waals surface area contributed by atoms with E-state index in [1.165, 1.54) is 24.3 Å². The fourth-order valence-corrected chi connectivity index (χ4v) is 3.78. The molecule has 0 atom stereocenters. The number of nitrogens with zero attached hydrogens (tertiary/aromatic N) is 2. The number of aromatic amines is 1. The van der Waals surface area contributed by atoms with E-state index in [1.807, 2.05) is 0 Å². The van der Waals surface area contributed by atoms with Crippen LogP contribution >= 0.6 is 11.6 Å². The number of hydrogen-bond acceptors (Lipinski definition) is 6. The molecule has 0 radical (unpaired) electrons. The Bertz CT molecular complexity index is 1480. The molecule has 0 saturated heterocycles. The number of hydrogen-bond donors (Lipinski definition) is 1. The van der Waals surface area contributed by atoms with Gasteiger partial charge in [0, 0.05) is 5.02 Å². The van der Waals surface area contributed by atoms with Gasteiger partial charge in [-0.05, 0) is 54.6 Å². The van der Waals surface area contributed by atoms with Gasteiger partial charge >= 0.3 is 5.97 Å². The minimum Gasteiger partial charge on any atom is -0.454 e. The summed E-state index contributed by atoms with van der Waals surface area (Å²) in [5.74, 6) is -1.32. The number of imide groups is 1. The number of esters is 1. The van der Waals surface area contributed by atoms with Crippen LogP contribution in [0.5, 0.6) is 0 Å². The van der Waals surface area contributed by atoms with E-state index in [1.54, 1.807) is 42.5 Å². The minimum absolute atomic E-state index is 0.172. The van der Waals surface area contributed by atoms with Crippen molar-refractivity contribution in [1.82, 2.24) is 9.97 Å². The maximum atomic E-state index is 12.6. The number of halogens is 1. The minimum atomic E-state index is -0.655. The summed E-state index contributed by atoms with van der Waals surface area (Å²) in [6.07, 6.45) is 0. The van der Waals surface area contributed by atoms with Crippen molar-refractivity contribution in [3.8, 4) is 0 Å². The average molecular weight is 460 g/mol. The lowest BCUT2D eigenvalue weighted by molar-refractivity contribution is 0.0462. The zero-order valence-corrected chi connectivity index (χ0v) is 17.6. The molecule has 0 bridgehead atoms. The Balaban J connectivity index is 1.31. The number of anilines is 1. The van der Waals surface area contributed by atoms with E-state index in [9.17, 15) is 19.2 Å². The van der Waals surface area contributed by atoms with Gasteiger partial charge in [-0.2, -0.15) is 0 Å². The first-order valence-electron chi connectivity index (χ1n) is 9.86. The van der Waals surface area contributed by atoms with E-state index in [-0.39, 0.29) is 23.6 Å². The number of amides is 2. The van der Waals surface area contributed by atoms with E-state index in [0.717, 1.165) is 4.90 Å². The second-order valence-electron chi connectivity index (χ2n) is 7.29. The van der Waals surface area contributed by atoms with Crippen molar-refractivity contribution in [3.05, 3.63) is 105 Å². The lowest BCUT2D eigenvalue weighted by Gasteiger charge is -2.14. The molecule has 33 heavy (non-hydrogen) atoms. The highest BCUT2D eigenvalue weighted by molar-refractivity contribution is 6.34. The van der Waals surface area contributed by atoms with Crippen molar-refractivity contribution in [2.75, 3.05) is 4.90 Å². The molecule has 1 aliphatic heterocycles. The summed E-state index contributed by atoms with van der Waals surface area (Å²) in [5.41, 5.74) is 1.25. The van der Waals surface area contributed by atoms with Crippen LogP contribution in [0.15, 0.2) is 71.5 Å². The Morgan fingerprint density at radius 2 is 1.61 bits per heavy atom. The first-order valence-corrected chi connectivity index (χ1v) is 10.2. The molecule has 1 aromatic heterocycles. The van der Waals surface area contributed by atoms with Crippen molar-refractivity contribution >= 4 is 46.0 Å². The molecular weight excluding hydrogens is 446 g/mol. The maximum absolute atomic E-state index is 12.6. The van der Waals surface area contributed by atoms with Crippen LogP contribution in [0.25, 0.3) is 10.9 Å². The van der Waals surface area contributed by atoms with E-state index < -0.39 is 17.8 Å². The number of nitrogens with one attached hydrogen (secondary N) is 1. The highest BCUT2D eigenvalue weighted by Gasteiger charge is 2.36. The van der Waals surface area contributed by atoms with Gasteiger partial charge in [-0.25, -0.2) is 14.7 Å². The molecule has 9 heteroatoms. The van der Waals surface area contributed by atoms with Gasteiger partial charge in [-0.1, -0.05) is 23.7 Å². The van der Waals surface area contributed by atoms with E-state index in [4.69, 9.17) is 16.3 Å². The molecule has 0 aliphatic carbocycles. The third kappa shape index (κ3) is 3.66. The summed E-state index contributed by atoms with van der Waals surface area (Å²) >= 11 is 5.95. The second kappa shape index (κ2) is 7.99. The van der Waals surface area contributed by atoms with Crippen LogP contribution in [-0.4, -0.2) is 27.8 Å². The fourth-order valence-electron chi connectivity index (χ4n) is 3.62. The highest BCUT2D eigenvalue weighted by atomic mass is 35.5. The number of carbonyl (C=O) groups is 3. The molecule has 0 saturated carbocycles. The van der Waals surface area contributed by atoms with Crippen molar-refractivity contribution in [2.24, 2.45) is 0 Å². The zero-order valence-electron chi connectivity index (χ0n) is 16.9. The van der Waals surface area contributed by atoms with Crippen LogP contribution in [0.3, 0.4) is 0 Å². The molecule has 0 fully saturated rings. The zero-order chi connectivity index (χ0) is 23.1. The predicted molar refractivity (Wildman–Crippen MR) is 121 cm³/mol. The summed E-state index contributed by atoms with van der Waals surface area (Å²) in [7, 11) is 0. The fraction of sp³-hybridized carbons (Fsp3) is 0.0417. The molecule has 4 aromatic rings. The van der Waals surface area contributed by atoms with Gasteiger partial charge in [0.25, 0.3) is 17.4 Å². The van der Waals surface area contributed by atoms with Crippen molar-refractivity contribution < 1.29 is 19.1 Å². The van der Waals surface area contributed by atoms with Crippen molar-refractivity contribution in [3.63, 3.8) is 0 Å². The summed E-state index contributed by atoms with van der Waals surface area (Å²) in [4.78, 5) is 57.7. The summed E-state index contributed by atoms with van der Waals surface area (Å²) < 4.78 is 5.25. The Kier molecular flexibility index (Phi) is 4.99. The van der Waals surface area contributed by atoms with Crippen LogP contribution in [0.4, 0.5) is 5.69 Å². The van der Waals surface area contributed by atoms with Crippen LogP contribution in [0.2, 0.25) is 5.02 Å². The molecule has 162 valence electrons. The quantitative estimate of drug-likeness (QED) is 0.368. The van der Waals surface area contributed by atoms with E-state index >= 15 is 0 Å². The summed E-state index contributed by atoms with van der Waals surface area (Å²) in [5, 5.41) is 0.805. The van der Waals surface area contributed by atoms with Gasteiger partial charge in [0.2, 0.25) is 0 Å². The number of carbonyl (C=O) groups excluding carboxylic acids is 3. The first-order chi connectivity index (χ1) is 15.9. The van der Waals surface area contributed by atoms with Gasteiger partial charge in [0.05, 0.1) is 33.3 Å². The SMILES string of the molecule is O=C(OCc1nc2cc(Cl)ccc2c(=O)[nH]1)c1ccc(N2C(=O)c3ccccc3C2=O)cc1. The number of ether oxygens (including phenoxy) is 1. The van der Waals surface area contributed by atoms with E-state index in [0.29, 0.717) is 32.7 Å². The van der Waals surface area contributed by atoms with Gasteiger partial charge in [0.15, 0.2) is 0 Å². The Labute approximate surface area is 191 Å². The monoisotopic (exact) mass is 459 g/mol. The second-order valence-corrected chi connectivity index (χ2v) is 7.72. The van der Waals surface area contributed by atoms with Crippen LogP contribution in [0, 0.1) is 0 Å². The predicted octanol–water partition coefficient (Wildman–Crippen LogP) is 3.73. The number of aromatic nitrogens is 2. The molecule has 8 nitrogen and oxygen atoms in total. The lowest BCUT2D eigenvalue weighted by atomic mass is 10.1. The molecule has 5 rings (SSSR count). The van der Waals surface area contributed by atoms with Crippen molar-refractivity contribution in [2.45, 2.75) is 6.61 Å². The van der Waals surface area contributed by atoms with E-state index in [2.05, 4.69) is 9.97 Å². The Morgan fingerprint density at radius 1 is 0.939 bits per heavy atom. The van der Waals surface area contributed by atoms with Gasteiger partial charge < -0.3 is 9.72 Å². The van der Waals surface area contributed by atoms with Gasteiger partial charge in [0.1, 0.15) is 12.4 Å². The van der Waals surface area contributed by atoms with Crippen LogP contribution in [0.1, 0.15) is 36.9 Å². The molecule has 2 heterocycles. The normalized spacial score (nSPS) is 12.8. The van der Waals surface area contributed by atoms with Crippen molar-refractivity contribution in [1.29, 1.82) is 0 Å². The lowest BCUT2D eigenvalue weighted by Crippen LogP contribution is -2.29. The van der Waals surface area contributed by atoms with Gasteiger partial charge in [-0.15, -0.1) is 0 Å². The summed E-state index contributed by atoms with van der Waals surface area (Å²) in [6, 6.07) is 17.2. The summed E-state index contributed by atoms with van der Waals surface area (Å²) in [6.45, 7) is -0.253. The third-order valence-corrected chi connectivity index (χ3v) is 5.45. The molecule has 2 amide bonds. The van der Waals surface area contributed by atoms with Gasteiger partial charge in [-0.3, -0.25) is 14.4 Å². The number of H-pyrrole nitrogens is 1. The maximum Gasteiger partial charge on any atom is 0.338 e. The molecule has 1 N–H and O–H groups in total. The molecule has 0 spiro atoms. The Morgan fingerprint density at radius 3 is 2.27 bits per heavy atom. The standard InChI is InChI=1S/C24H14ClN3O5/c25-14-7-10-18-19(11-14)26-20(27-21(18)29)12-33-24(32)13-5-8-15(9-6-13)28-22(30)16-3-1-2-4-17(16)23(28)31/h1-11H,12H2,(H,26,27,29). The number of rotatable bonds is 4. The highest BCUT2D eigenvalue weighted by Crippen LogP contribution is 2.28. The topological polar surface area (TPSA) is 109 Å². The molecule has 1 aliphatic rings. The Hall–Kier alpha value is -4.30.